The van der Waals surface area contributed by atoms with E-state index in [2.05, 4.69) is 10.3 Å². The molecule has 0 spiro atoms. The van der Waals surface area contributed by atoms with E-state index in [1.807, 2.05) is 30.3 Å². The number of hydrogen-bond donors (Lipinski definition) is 1. The van der Waals surface area contributed by atoms with Crippen molar-refractivity contribution >= 4 is 34.3 Å². The van der Waals surface area contributed by atoms with Crippen LogP contribution in [0.15, 0.2) is 77.2 Å². The molecule has 0 saturated heterocycles. The lowest BCUT2D eigenvalue weighted by Crippen LogP contribution is -2.12. The minimum atomic E-state index is -0.261. The average Bonchev–Trinajstić information content (AvgIpc) is 3.04. The summed E-state index contributed by atoms with van der Waals surface area (Å²) >= 11 is 6.07. The van der Waals surface area contributed by atoms with Crippen molar-refractivity contribution in [3.8, 4) is 0 Å². The summed E-state index contributed by atoms with van der Waals surface area (Å²) in [5, 5.41) is 3.26. The molecule has 0 bridgehead atoms. The fourth-order valence-electron chi connectivity index (χ4n) is 2.74. The minimum Gasteiger partial charge on any atom is -0.440 e. The molecule has 0 atom stereocenters. The Hall–Kier alpha value is -3.11. The van der Waals surface area contributed by atoms with Crippen LogP contribution in [0.2, 0.25) is 5.02 Å². The first-order valence-corrected chi connectivity index (χ1v) is 8.56. The minimum absolute atomic E-state index is 0.261. The fraction of sp³-hybridized carbons (Fsp3) is 0.0476. The summed E-state index contributed by atoms with van der Waals surface area (Å²) in [6.45, 7) is 0. The van der Waals surface area contributed by atoms with E-state index in [1.165, 1.54) is 0 Å². The Morgan fingerprint density at radius 3 is 2.58 bits per heavy atom. The summed E-state index contributed by atoms with van der Waals surface area (Å²) in [5.41, 5.74) is 3.59. The lowest BCUT2D eigenvalue weighted by molar-refractivity contribution is 0.102. The summed E-state index contributed by atoms with van der Waals surface area (Å²) < 4.78 is 5.79. The quantitative estimate of drug-likeness (QED) is 0.534. The van der Waals surface area contributed by atoms with Gasteiger partial charge in [0.25, 0.3) is 5.91 Å². The van der Waals surface area contributed by atoms with E-state index >= 15 is 0 Å². The maximum absolute atomic E-state index is 12.4. The molecule has 0 aliphatic heterocycles. The number of aromatic nitrogens is 1. The molecule has 0 unspecified atom stereocenters. The Kier molecular flexibility index (Phi) is 4.42. The number of oxazole rings is 1. The van der Waals surface area contributed by atoms with Gasteiger partial charge in [0.2, 0.25) is 0 Å². The topological polar surface area (TPSA) is 55.1 Å². The van der Waals surface area contributed by atoms with E-state index in [0.29, 0.717) is 39.7 Å². The molecule has 4 aromatic rings. The molecular formula is C21H15ClN2O2. The summed E-state index contributed by atoms with van der Waals surface area (Å²) in [6.07, 6.45) is 0.622. The van der Waals surface area contributed by atoms with Gasteiger partial charge >= 0.3 is 0 Å². The molecule has 128 valence electrons. The van der Waals surface area contributed by atoms with Gasteiger partial charge in [0.1, 0.15) is 5.52 Å². The van der Waals surface area contributed by atoms with Crippen molar-refractivity contribution in [2.75, 3.05) is 5.32 Å². The number of amides is 1. The molecule has 0 aliphatic rings. The number of carbonyl (C=O) groups is 1. The molecule has 0 fully saturated rings. The highest BCUT2D eigenvalue weighted by molar-refractivity contribution is 6.34. The molecule has 3 aromatic carbocycles. The molecule has 0 radical (unpaired) electrons. The number of fused-ring (bicyclic) bond motifs is 1. The number of rotatable bonds is 4. The maximum Gasteiger partial charge on any atom is 0.257 e. The van der Waals surface area contributed by atoms with Crippen LogP contribution in [0, 0.1) is 0 Å². The van der Waals surface area contributed by atoms with E-state index < -0.39 is 0 Å². The number of benzene rings is 3. The zero-order valence-electron chi connectivity index (χ0n) is 13.8. The number of hydrogen-bond acceptors (Lipinski definition) is 3. The Labute approximate surface area is 155 Å². The highest BCUT2D eigenvalue weighted by Crippen LogP contribution is 2.23. The standard InChI is InChI=1S/C21H15ClN2O2/c22-17-9-5-4-8-16(17)21(25)23-15-10-11-19-18(13-15)24-20(26-19)12-14-6-2-1-3-7-14/h1-11,13H,12H2,(H,23,25). The number of carbonyl (C=O) groups excluding carboxylic acids is 1. The molecular weight excluding hydrogens is 348 g/mol. The van der Waals surface area contributed by atoms with Gasteiger partial charge < -0.3 is 9.73 Å². The Morgan fingerprint density at radius 1 is 1.00 bits per heavy atom. The van der Waals surface area contributed by atoms with Crippen LogP contribution in [0.5, 0.6) is 0 Å². The molecule has 26 heavy (non-hydrogen) atoms. The van der Waals surface area contributed by atoms with Gasteiger partial charge in [-0.2, -0.15) is 0 Å². The second-order valence-corrected chi connectivity index (χ2v) is 6.29. The Bertz CT molecular complexity index is 1070. The van der Waals surface area contributed by atoms with Crippen LogP contribution in [-0.4, -0.2) is 10.9 Å². The molecule has 4 rings (SSSR count). The third kappa shape index (κ3) is 3.46. The first kappa shape index (κ1) is 16.4. The average molecular weight is 363 g/mol. The molecule has 1 aromatic heterocycles. The summed E-state index contributed by atoms with van der Waals surface area (Å²) in [5.74, 6) is 0.378. The fourth-order valence-corrected chi connectivity index (χ4v) is 2.96. The molecule has 1 N–H and O–H groups in total. The van der Waals surface area contributed by atoms with Crippen molar-refractivity contribution in [3.05, 3.63) is 94.8 Å². The van der Waals surface area contributed by atoms with Gasteiger partial charge in [-0.1, -0.05) is 54.1 Å². The first-order chi connectivity index (χ1) is 12.7. The molecule has 0 saturated carbocycles. The van der Waals surface area contributed by atoms with E-state index in [1.54, 1.807) is 42.5 Å². The van der Waals surface area contributed by atoms with Crippen molar-refractivity contribution in [1.29, 1.82) is 0 Å². The van der Waals surface area contributed by atoms with Crippen LogP contribution in [-0.2, 0) is 6.42 Å². The normalized spacial score (nSPS) is 10.8. The largest absolute Gasteiger partial charge is 0.440 e. The predicted octanol–water partition coefficient (Wildman–Crippen LogP) is 5.32. The van der Waals surface area contributed by atoms with Crippen molar-refractivity contribution in [1.82, 2.24) is 4.98 Å². The van der Waals surface area contributed by atoms with Gasteiger partial charge in [0, 0.05) is 12.1 Å². The van der Waals surface area contributed by atoms with Crippen molar-refractivity contribution in [3.63, 3.8) is 0 Å². The summed E-state index contributed by atoms with van der Waals surface area (Å²) in [6, 6.07) is 22.3. The number of nitrogens with one attached hydrogen (secondary N) is 1. The molecule has 4 nitrogen and oxygen atoms in total. The second kappa shape index (κ2) is 7.02. The lowest BCUT2D eigenvalue weighted by Gasteiger charge is -2.06. The van der Waals surface area contributed by atoms with Crippen molar-refractivity contribution in [2.24, 2.45) is 0 Å². The van der Waals surface area contributed by atoms with Gasteiger partial charge in [-0.3, -0.25) is 4.79 Å². The highest BCUT2D eigenvalue weighted by Gasteiger charge is 2.12. The third-order valence-electron chi connectivity index (χ3n) is 4.01. The molecule has 1 heterocycles. The van der Waals surface area contributed by atoms with Crippen LogP contribution >= 0.6 is 11.6 Å². The molecule has 0 aliphatic carbocycles. The van der Waals surface area contributed by atoms with Crippen LogP contribution in [0.1, 0.15) is 21.8 Å². The van der Waals surface area contributed by atoms with Crippen LogP contribution in [0.4, 0.5) is 5.69 Å². The first-order valence-electron chi connectivity index (χ1n) is 8.18. The molecule has 1 amide bonds. The van der Waals surface area contributed by atoms with Crippen LogP contribution in [0.3, 0.4) is 0 Å². The monoisotopic (exact) mass is 362 g/mol. The Morgan fingerprint density at radius 2 is 1.77 bits per heavy atom. The summed E-state index contributed by atoms with van der Waals surface area (Å²) in [4.78, 5) is 16.9. The van der Waals surface area contributed by atoms with Gasteiger partial charge in [-0.05, 0) is 35.9 Å². The Balaban J connectivity index is 1.56. The smallest absolute Gasteiger partial charge is 0.257 e. The number of anilines is 1. The van der Waals surface area contributed by atoms with Crippen LogP contribution < -0.4 is 5.32 Å². The number of nitrogens with zero attached hydrogens (tertiary/aromatic N) is 1. The van der Waals surface area contributed by atoms with E-state index in [4.69, 9.17) is 16.0 Å². The van der Waals surface area contributed by atoms with E-state index in [-0.39, 0.29) is 5.91 Å². The van der Waals surface area contributed by atoms with Crippen molar-refractivity contribution < 1.29 is 9.21 Å². The van der Waals surface area contributed by atoms with Gasteiger partial charge in [-0.25, -0.2) is 4.98 Å². The zero-order valence-corrected chi connectivity index (χ0v) is 14.5. The molecule has 5 heteroatoms. The predicted molar refractivity (Wildman–Crippen MR) is 103 cm³/mol. The zero-order chi connectivity index (χ0) is 17.9. The summed E-state index contributed by atoms with van der Waals surface area (Å²) in [7, 11) is 0. The van der Waals surface area contributed by atoms with E-state index in [9.17, 15) is 4.79 Å². The number of halogens is 1. The van der Waals surface area contributed by atoms with Gasteiger partial charge in [-0.15, -0.1) is 0 Å². The van der Waals surface area contributed by atoms with Crippen LogP contribution in [0.25, 0.3) is 11.1 Å². The van der Waals surface area contributed by atoms with Gasteiger partial charge in [0.05, 0.1) is 10.6 Å². The lowest BCUT2D eigenvalue weighted by atomic mass is 10.1. The highest BCUT2D eigenvalue weighted by atomic mass is 35.5. The van der Waals surface area contributed by atoms with Crippen molar-refractivity contribution in [2.45, 2.75) is 6.42 Å². The van der Waals surface area contributed by atoms with E-state index in [0.717, 1.165) is 5.56 Å². The SMILES string of the molecule is O=C(Nc1ccc2oc(Cc3ccccc3)nc2c1)c1ccccc1Cl. The maximum atomic E-state index is 12.4. The van der Waals surface area contributed by atoms with Gasteiger partial charge in [0.15, 0.2) is 11.5 Å². The third-order valence-corrected chi connectivity index (χ3v) is 4.34. The second-order valence-electron chi connectivity index (χ2n) is 5.89.